The van der Waals surface area contributed by atoms with Gasteiger partial charge in [-0.25, -0.2) is 4.98 Å². The van der Waals surface area contributed by atoms with Gasteiger partial charge in [-0.1, -0.05) is 24.3 Å². The molecule has 0 amide bonds. The minimum atomic E-state index is 0.00758. The number of rotatable bonds is 5. The molecule has 0 radical (unpaired) electrons. The highest BCUT2D eigenvalue weighted by atomic mass is 16.3. The molecule has 2 N–H and O–H groups in total. The van der Waals surface area contributed by atoms with Gasteiger partial charge in [0.05, 0.1) is 11.1 Å². The molecule has 2 aromatic carbocycles. The molecule has 1 aliphatic rings. The fraction of sp³-hybridized carbons (Fsp3) is 0.238. The van der Waals surface area contributed by atoms with Crippen molar-refractivity contribution < 1.29 is 9.90 Å². The Morgan fingerprint density at radius 3 is 2.62 bits per heavy atom. The summed E-state index contributed by atoms with van der Waals surface area (Å²) in [6.07, 6.45) is 0.947. The second-order valence-corrected chi connectivity index (χ2v) is 6.87. The zero-order chi connectivity index (χ0) is 18.3. The quantitative estimate of drug-likeness (QED) is 0.541. The number of ketones is 1. The Kier molecular flexibility index (Phi) is 4.09. The SMILES string of the molecule is CN(C)CCCNc1nc2cc(O)ccc2c2c1C(=O)c1ccccc1-2. The summed E-state index contributed by atoms with van der Waals surface area (Å²) >= 11 is 0. The van der Waals surface area contributed by atoms with E-state index < -0.39 is 0 Å². The van der Waals surface area contributed by atoms with Crippen molar-refractivity contribution in [3.63, 3.8) is 0 Å². The first-order valence-electron chi connectivity index (χ1n) is 8.75. The average Bonchev–Trinajstić information content (AvgIpc) is 2.92. The van der Waals surface area contributed by atoms with Crippen molar-refractivity contribution in [2.75, 3.05) is 32.5 Å². The third-order valence-corrected chi connectivity index (χ3v) is 4.71. The normalized spacial score (nSPS) is 12.5. The van der Waals surface area contributed by atoms with E-state index in [1.807, 2.05) is 44.4 Å². The van der Waals surface area contributed by atoms with Crippen LogP contribution in [0.25, 0.3) is 22.0 Å². The number of fused-ring (bicyclic) bond motifs is 5. The molecule has 5 heteroatoms. The highest BCUT2D eigenvalue weighted by molar-refractivity contribution is 6.28. The van der Waals surface area contributed by atoms with Gasteiger partial charge in [-0.15, -0.1) is 0 Å². The summed E-state index contributed by atoms with van der Waals surface area (Å²) in [6.45, 7) is 1.68. The number of nitrogens with one attached hydrogen (secondary N) is 1. The number of carbonyl (C=O) groups excluding carboxylic acids is 1. The largest absolute Gasteiger partial charge is 0.508 e. The maximum atomic E-state index is 13.0. The number of aromatic nitrogens is 1. The van der Waals surface area contributed by atoms with Crippen LogP contribution in [0.5, 0.6) is 5.75 Å². The molecular weight excluding hydrogens is 326 g/mol. The lowest BCUT2D eigenvalue weighted by molar-refractivity contribution is 0.104. The maximum Gasteiger partial charge on any atom is 0.198 e. The Bertz CT molecular complexity index is 1010. The van der Waals surface area contributed by atoms with Gasteiger partial charge in [0.2, 0.25) is 0 Å². The molecule has 26 heavy (non-hydrogen) atoms. The van der Waals surface area contributed by atoms with Crippen molar-refractivity contribution in [3.05, 3.63) is 53.6 Å². The number of phenols is 1. The molecule has 0 fully saturated rings. The molecule has 0 bridgehead atoms. The van der Waals surface area contributed by atoms with Crippen molar-refractivity contribution in [1.82, 2.24) is 9.88 Å². The molecule has 4 rings (SSSR count). The summed E-state index contributed by atoms with van der Waals surface area (Å²) in [6, 6.07) is 12.8. The Hall–Kier alpha value is -2.92. The van der Waals surface area contributed by atoms with Gasteiger partial charge in [-0.2, -0.15) is 0 Å². The first-order valence-corrected chi connectivity index (χ1v) is 8.75. The van der Waals surface area contributed by atoms with Crippen LogP contribution in [-0.2, 0) is 0 Å². The second-order valence-electron chi connectivity index (χ2n) is 6.87. The zero-order valence-corrected chi connectivity index (χ0v) is 14.9. The Morgan fingerprint density at radius 2 is 1.85 bits per heavy atom. The van der Waals surface area contributed by atoms with Gasteiger partial charge >= 0.3 is 0 Å². The summed E-state index contributed by atoms with van der Waals surface area (Å²) in [4.78, 5) is 19.8. The lowest BCUT2D eigenvalue weighted by atomic mass is 10.0. The van der Waals surface area contributed by atoms with E-state index in [2.05, 4.69) is 15.2 Å². The van der Waals surface area contributed by atoms with Gasteiger partial charge in [0, 0.05) is 29.1 Å². The van der Waals surface area contributed by atoms with Crippen LogP contribution in [0.4, 0.5) is 5.82 Å². The van der Waals surface area contributed by atoms with Gasteiger partial charge in [0.1, 0.15) is 11.6 Å². The molecule has 0 atom stereocenters. The molecule has 1 aromatic heterocycles. The molecule has 0 spiro atoms. The third-order valence-electron chi connectivity index (χ3n) is 4.71. The van der Waals surface area contributed by atoms with Crippen molar-refractivity contribution >= 4 is 22.5 Å². The molecule has 5 nitrogen and oxygen atoms in total. The summed E-state index contributed by atoms with van der Waals surface area (Å²) in [5, 5.41) is 14.1. The minimum absolute atomic E-state index is 0.00758. The molecule has 0 unspecified atom stereocenters. The van der Waals surface area contributed by atoms with Crippen LogP contribution in [-0.4, -0.2) is 48.0 Å². The number of anilines is 1. The Morgan fingerprint density at radius 1 is 1.08 bits per heavy atom. The maximum absolute atomic E-state index is 13.0. The van der Waals surface area contributed by atoms with Gasteiger partial charge in [-0.3, -0.25) is 4.79 Å². The van der Waals surface area contributed by atoms with Crippen LogP contribution in [0.3, 0.4) is 0 Å². The Balaban J connectivity index is 1.85. The van der Waals surface area contributed by atoms with Crippen LogP contribution in [0.15, 0.2) is 42.5 Å². The van der Waals surface area contributed by atoms with E-state index in [4.69, 9.17) is 0 Å². The zero-order valence-electron chi connectivity index (χ0n) is 14.9. The third kappa shape index (κ3) is 2.70. The standard InChI is InChI=1S/C21H21N3O2/c1-24(2)11-5-10-22-21-19-18(14-6-3-4-7-15(14)20(19)26)16-9-8-13(25)12-17(16)23-21/h3-4,6-9,12,25H,5,10-11H2,1-2H3,(H,22,23). The topological polar surface area (TPSA) is 65.5 Å². The van der Waals surface area contributed by atoms with E-state index in [0.29, 0.717) is 22.5 Å². The number of aromatic hydroxyl groups is 1. The van der Waals surface area contributed by atoms with Crippen LogP contribution in [0, 0.1) is 0 Å². The molecule has 0 aliphatic heterocycles. The highest BCUT2D eigenvalue weighted by Crippen LogP contribution is 2.44. The van der Waals surface area contributed by atoms with E-state index in [-0.39, 0.29) is 11.5 Å². The smallest absolute Gasteiger partial charge is 0.198 e. The van der Waals surface area contributed by atoms with Gasteiger partial charge < -0.3 is 15.3 Å². The molecule has 1 aliphatic carbocycles. The molecule has 3 aromatic rings. The summed E-state index contributed by atoms with van der Waals surface area (Å²) in [5.74, 6) is 0.771. The average molecular weight is 347 g/mol. The van der Waals surface area contributed by atoms with Crippen LogP contribution >= 0.6 is 0 Å². The summed E-state index contributed by atoms with van der Waals surface area (Å²) in [5.41, 5.74) is 3.87. The predicted molar refractivity (Wildman–Crippen MR) is 104 cm³/mol. The van der Waals surface area contributed by atoms with Crippen molar-refractivity contribution in [2.45, 2.75) is 6.42 Å². The second kappa shape index (κ2) is 6.42. The summed E-state index contributed by atoms with van der Waals surface area (Å²) in [7, 11) is 4.07. The van der Waals surface area contributed by atoms with Crippen molar-refractivity contribution in [3.8, 4) is 16.9 Å². The molecule has 0 saturated heterocycles. The lowest BCUT2D eigenvalue weighted by Crippen LogP contribution is -2.17. The van der Waals surface area contributed by atoms with E-state index in [1.165, 1.54) is 0 Å². The van der Waals surface area contributed by atoms with Gasteiger partial charge in [0.25, 0.3) is 0 Å². The highest BCUT2D eigenvalue weighted by Gasteiger charge is 2.31. The number of benzene rings is 2. The van der Waals surface area contributed by atoms with Gasteiger partial charge in [-0.05, 0) is 44.8 Å². The minimum Gasteiger partial charge on any atom is -0.508 e. The molecule has 0 saturated carbocycles. The fourth-order valence-corrected chi connectivity index (χ4v) is 3.52. The monoisotopic (exact) mass is 347 g/mol. The number of phenolic OH excluding ortho intramolecular Hbond substituents is 1. The van der Waals surface area contributed by atoms with E-state index in [9.17, 15) is 9.90 Å². The number of carbonyl (C=O) groups is 1. The van der Waals surface area contributed by atoms with Crippen LogP contribution in [0.2, 0.25) is 0 Å². The lowest BCUT2D eigenvalue weighted by Gasteiger charge is -2.14. The summed E-state index contributed by atoms with van der Waals surface area (Å²) < 4.78 is 0. The van der Waals surface area contributed by atoms with E-state index >= 15 is 0 Å². The fourth-order valence-electron chi connectivity index (χ4n) is 3.52. The number of hydrogen-bond donors (Lipinski definition) is 2. The number of pyridine rings is 1. The van der Waals surface area contributed by atoms with Crippen molar-refractivity contribution in [1.29, 1.82) is 0 Å². The van der Waals surface area contributed by atoms with Crippen molar-refractivity contribution in [2.24, 2.45) is 0 Å². The van der Waals surface area contributed by atoms with Gasteiger partial charge in [0.15, 0.2) is 5.78 Å². The predicted octanol–water partition coefficient (Wildman–Crippen LogP) is 3.52. The number of hydrogen-bond acceptors (Lipinski definition) is 5. The first-order chi connectivity index (χ1) is 12.6. The Labute approximate surface area is 152 Å². The van der Waals surface area contributed by atoms with E-state index in [0.717, 1.165) is 36.0 Å². The molecule has 132 valence electrons. The first kappa shape index (κ1) is 16.5. The van der Waals surface area contributed by atoms with Crippen LogP contribution < -0.4 is 5.32 Å². The molecular formula is C21H21N3O2. The molecule has 1 heterocycles. The van der Waals surface area contributed by atoms with Crippen LogP contribution in [0.1, 0.15) is 22.3 Å². The van der Waals surface area contributed by atoms with E-state index in [1.54, 1.807) is 12.1 Å². The number of nitrogens with zero attached hydrogens (tertiary/aromatic N) is 2.